The number of nitrogens with one attached hydrogen (secondary N) is 1. The number of rotatable bonds is 9. The highest BCUT2D eigenvalue weighted by atomic mass is 28.4. The number of ether oxygens (including phenoxy) is 1. The summed E-state index contributed by atoms with van der Waals surface area (Å²) in [7, 11) is 0.132. The first-order valence-electron chi connectivity index (χ1n) is 12.2. The molecule has 0 fully saturated rings. The van der Waals surface area contributed by atoms with Gasteiger partial charge < -0.3 is 14.5 Å². The second kappa shape index (κ2) is 10.3. The molecule has 0 aliphatic carbocycles. The van der Waals surface area contributed by atoms with E-state index in [0.717, 1.165) is 17.3 Å². The van der Waals surface area contributed by atoms with Crippen LogP contribution in [0.5, 0.6) is 5.75 Å². The van der Waals surface area contributed by atoms with E-state index in [4.69, 9.17) is 14.1 Å². The Morgan fingerprint density at radius 1 is 1.03 bits per heavy atom. The number of para-hydroxylation sites is 1. The highest BCUT2D eigenvalue weighted by Crippen LogP contribution is 2.36. The van der Waals surface area contributed by atoms with E-state index < -0.39 is 8.32 Å². The lowest BCUT2D eigenvalue weighted by molar-refractivity contribution is 0.233. The number of hydrogen-bond acceptors (Lipinski definition) is 8. The van der Waals surface area contributed by atoms with Crippen LogP contribution in [0, 0.1) is 6.92 Å². The van der Waals surface area contributed by atoms with Gasteiger partial charge in [0.15, 0.2) is 25.7 Å². The minimum Gasteiger partial charge on any atom is -0.488 e. The fourth-order valence-electron chi connectivity index (χ4n) is 3.49. The first kappa shape index (κ1) is 25.7. The summed E-state index contributed by atoms with van der Waals surface area (Å²) in [5.74, 6) is 2.87. The molecule has 4 rings (SSSR count). The summed E-state index contributed by atoms with van der Waals surface area (Å²) in [6.45, 7) is 14.2. The van der Waals surface area contributed by atoms with E-state index in [0.29, 0.717) is 47.9 Å². The number of benzene rings is 1. The first-order chi connectivity index (χ1) is 17.0. The van der Waals surface area contributed by atoms with Crippen LogP contribution in [-0.2, 0) is 11.5 Å². The van der Waals surface area contributed by atoms with Crippen molar-refractivity contribution in [3.8, 4) is 17.3 Å². The third kappa shape index (κ3) is 5.71. The van der Waals surface area contributed by atoms with E-state index >= 15 is 0 Å². The van der Waals surface area contributed by atoms with Crippen molar-refractivity contribution in [1.29, 1.82) is 0 Å². The maximum absolute atomic E-state index is 6.28. The third-order valence-corrected chi connectivity index (χ3v) is 11.1. The van der Waals surface area contributed by atoms with E-state index in [1.165, 1.54) is 0 Å². The summed E-state index contributed by atoms with van der Waals surface area (Å²) in [5, 5.41) is 9.11. The number of hydrogen-bond donors (Lipinski definition) is 1. The molecule has 0 saturated carbocycles. The van der Waals surface area contributed by atoms with Crippen molar-refractivity contribution in [1.82, 2.24) is 29.7 Å². The maximum atomic E-state index is 6.28. The summed E-state index contributed by atoms with van der Waals surface area (Å²) in [5.41, 5.74) is 1.73. The molecule has 0 aliphatic rings. The predicted molar refractivity (Wildman–Crippen MR) is 145 cm³/mol. The molecule has 4 aromatic rings. The van der Waals surface area contributed by atoms with E-state index in [1.54, 1.807) is 18.5 Å². The fourth-order valence-corrected chi connectivity index (χ4v) is 4.58. The van der Waals surface area contributed by atoms with Gasteiger partial charge in [-0.25, -0.2) is 19.9 Å². The molecule has 0 unspecified atom stereocenters. The fraction of sp³-hybridized carbons (Fsp3) is 0.423. The Morgan fingerprint density at radius 2 is 1.81 bits per heavy atom. The monoisotopic (exact) mass is 505 g/mol. The van der Waals surface area contributed by atoms with Crippen LogP contribution < -0.4 is 10.1 Å². The minimum atomic E-state index is -1.78. The zero-order valence-corrected chi connectivity index (χ0v) is 23.2. The van der Waals surface area contributed by atoms with Gasteiger partial charge in [0, 0.05) is 31.7 Å². The van der Waals surface area contributed by atoms with E-state index in [2.05, 4.69) is 59.2 Å². The second-order valence-corrected chi connectivity index (χ2v) is 15.1. The Balaban J connectivity index is 1.56. The van der Waals surface area contributed by atoms with Crippen molar-refractivity contribution in [3.05, 3.63) is 48.5 Å². The van der Waals surface area contributed by atoms with Gasteiger partial charge in [-0.3, -0.25) is 4.68 Å². The number of anilines is 2. The van der Waals surface area contributed by atoms with Gasteiger partial charge in [0.05, 0.1) is 18.3 Å². The molecule has 9 nitrogen and oxygen atoms in total. The second-order valence-electron chi connectivity index (χ2n) is 10.3. The topological polar surface area (TPSA) is 99.9 Å². The van der Waals surface area contributed by atoms with Gasteiger partial charge in [0.25, 0.3) is 0 Å². The van der Waals surface area contributed by atoms with Crippen LogP contribution in [0.2, 0.25) is 18.1 Å². The zero-order chi connectivity index (χ0) is 25.9. The molecule has 0 spiro atoms. The lowest BCUT2D eigenvalue weighted by atomic mass is 10.2. The molecule has 0 bridgehead atoms. The van der Waals surface area contributed by atoms with Crippen molar-refractivity contribution in [2.45, 2.75) is 52.2 Å². The number of aryl methyl sites for hydroxylation is 2. The molecule has 1 N–H and O–H groups in total. The highest BCUT2D eigenvalue weighted by molar-refractivity contribution is 6.74. The van der Waals surface area contributed by atoms with Gasteiger partial charge in [-0.1, -0.05) is 39.0 Å². The summed E-state index contributed by atoms with van der Waals surface area (Å²) < 4.78 is 14.2. The molecule has 3 aromatic heterocycles. The average molecular weight is 506 g/mol. The normalized spacial score (nSPS) is 12.2. The van der Waals surface area contributed by atoms with Gasteiger partial charge >= 0.3 is 0 Å². The Bertz CT molecular complexity index is 1350. The molecule has 36 heavy (non-hydrogen) atoms. The van der Waals surface area contributed by atoms with Crippen molar-refractivity contribution >= 4 is 30.9 Å². The molecule has 0 amide bonds. The van der Waals surface area contributed by atoms with Crippen LogP contribution in [0.1, 0.15) is 33.0 Å². The maximum Gasteiger partial charge on any atom is 0.191 e. The molecular formula is C26H35N7O2Si. The summed E-state index contributed by atoms with van der Waals surface area (Å²) in [6, 6.07) is 9.82. The molecular weight excluding hydrogens is 470 g/mol. The van der Waals surface area contributed by atoms with Gasteiger partial charge in [-0.05, 0) is 37.2 Å². The van der Waals surface area contributed by atoms with E-state index in [9.17, 15) is 0 Å². The molecule has 0 aliphatic heterocycles. The quantitative estimate of drug-likeness (QED) is 0.230. The van der Waals surface area contributed by atoms with Crippen molar-refractivity contribution < 1.29 is 9.16 Å². The zero-order valence-electron chi connectivity index (χ0n) is 22.2. The Hall–Kier alpha value is -3.37. The van der Waals surface area contributed by atoms with Crippen LogP contribution in [0.3, 0.4) is 0 Å². The van der Waals surface area contributed by atoms with Crippen molar-refractivity contribution in [2.75, 3.05) is 18.5 Å². The van der Waals surface area contributed by atoms with Crippen LogP contribution in [0.4, 0.5) is 11.6 Å². The first-order valence-corrected chi connectivity index (χ1v) is 15.1. The van der Waals surface area contributed by atoms with Crippen molar-refractivity contribution in [2.24, 2.45) is 7.05 Å². The minimum absolute atomic E-state index is 0.180. The Labute approximate surface area is 213 Å². The predicted octanol–water partition coefficient (Wildman–Crippen LogP) is 5.66. The summed E-state index contributed by atoms with van der Waals surface area (Å²) in [6.07, 6.45) is 4.17. The van der Waals surface area contributed by atoms with Crippen LogP contribution >= 0.6 is 0 Å². The SMILES string of the molecule is Cc1nccc(Nc2nc(-c3nn(C)c4ccccc34)ncc2OCCCO[Si](C)(C)C(C)(C)C)n1. The number of aromatic nitrogens is 6. The van der Waals surface area contributed by atoms with Gasteiger partial charge in [0.1, 0.15) is 17.3 Å². The summed E-state index contributed by atoms with van der Waals surface area (Å²) >= 11 is 0. The third-order valence-electron chi connectivity index (χ3n) is 6.56. The lowest BCUT2D eigenvalue weighted by Crippen LogP contribution is -2.41. The Kier molecular flexibility index (Phi) is 7.37. The number of nitrogens with zero attached hydrogens (tertiary/aromatic N) is 6. The largest absolute Gasteiger partial charge is 0.488 e. The van der Waals surface area contributed by atoms with Gasteiger partial charge in [-0.2, -0.15) is 5.10 Å². The van der Waals surface area contributed by atoms with Crippen LogP contribution in [0.15, 0.2) is 42.7 Å². The molecule has 3 heterocycles. The van der Waals surface area contributed by atoms with Crippen molar-refractivity contribution in [3.63, 3.8) is 0 Å². The molecule has 0 atom stereocenters. The Morgan fingerprint density at radius 3 is 2.56 bits per heavy atom. The number of fused-ring (bicyclic) bond motifs is 1. The molecule has 0 saturated heterocycles. The molecule has 0 radical (unpaired) electrons. The van der Waals surface area contributed by atoms with E-state index in [1.807, 2.05) is 42.9 Å². The lowest BCUT2D eigenvalue weighted by Gasteiger charge is -2.36. The molecule has 10 heteroatoms. The average Bonchev–Trinajstić information content (AvgIpc) is 3.15. The molecule has 190 valence electrons. The van der Waals surface area contributed by atoms with Crippen LogP contribution in [0.25, 0.3) is 22.4 Å². The highest BCUT2D eigenvalue weighted by Gasteiger charge is 2.36. The smallest absolute Gasteiger partial charge is 0.191 e. The van der Waals surface area contributed by atoms with Gasteiger partial charge in [-0.15, -0.1) is 0 Å². The van der Waals surface area contributed by atoms with Crippen LogP contribution in [-0.4, -0.2) is 51.2 Å². The summed E-state index contributed by atoms with van der Waals surface area (Å²) in [4.78, 5) is 18.0. The molecule has 1 aromatic carbocycles. The van der Waals surface area contributed by atoms with E-state index in [-0.39, 0.29) is 5.04 Å². The van der Waals surface area contributed by atoms with Gasteiger partial charge in [0.2, 0.25) is 0 Å². The standard InChI is InChI=1S/C26H35N7O2Si/c1-18-27-14-13-22(29-18)30-24-21(34-15-10-16-35-36(6,7)26(2,3)4)17-28-25(31-24)23-19-11-8-9-12-20(19)33(5)32-23/h8-9,11-14,17H,10,15-16H2,1-7H3,(H,27,28,29,30,31).